The highest BCUT2D eigenvalue weighted by atomic mass is 35.5. The van der Waals surface area contributed by atoms with Gasteiger partial charge in [-0.2, -0.15) is 0 Å². The van der Waals surface area contributed by atoms with Crippen LogP contribution in [0.1, 0.15) is 37.8 Å². The molecule has 2 amide bonds. The molecule has 0 aromatic heterocycles. The van der Waals surface area contributed by atoms with Crippen molar-refractivity contribution in [3.05, 3.63) is 34.9 Å². The lowest BCUT2D eigenvalue weighted by Crippen LogP contribution is -2.40. The van der Waals surface area contributed by atoms with Crippen molar-refractivity contribution in [2.24, 2.45) is 5.92 Å². The van der Waals surface area contributed by atoms with E-state index in [0.717, 1.165) is 24.8 Å². The lowest BCUT2D eigenvalue weighted by molar-refractivity contribution is 0.132. The van der Waals surface area contributed by atoms with Crippen molar-refractivity contribution in [2.45, 2.75) is 38.3 Å². The zero-order valence-corrected chi connectivity index (χ0v) is 12.4. The zero-order valence-electron chi connectivity index (χ0n) is 11.6. The number of carbonyl (C=O) groups is 1. The van der Waals surface area contributed by atoms with Crippen LogP contribution >= 0.6 is 11.6 Å². The first kappa shape index (κ1) is 15.1. The molecule has 0 saturated heterocycles. The van der Waals surface area contributed by atoms with Gasteiger partial charge in [0.25, 0.3) is 0 Å². The fourth-order valence-corrected chi connectivity index (χ4v) is 2.78. The maximum absolute atomic E-state index is 11.8. The van der Waals surface area contributed by atoms with E-state index in [2.05, 4.69) is 10.6 Å². The molecule has 2 rings (SSSR count). The molecule has 3 atom stereocenters. The fourth-order valence-electron chi connectivity index (χ4n) is 2.59. The molecular formula is C15H21ClN2O2. The molecule has 1 aliphatic rings. The maximum atomic E-state index is 11.8. The molecule has 0 aliphatic heterocycles. The highest BCUT2D eigenvalue weighted by Gasteiger charge is 2.25. The first-order valence-electron chi connectivity index (χ1n) is 7.04. The third-order valence-corrected chi connectivity index (χ3v) is 4.08. The van der Waals surface area contributed by atoms with Crippen molar-refractivity contribution in [1.29, 1.82) is 0 Å². The molecule has 0 radical (unpaired) electrons. The van der Waals surface area contributed by atoms with Crippen molar-refractivity contribution in [2.75, 3.05) is 6.54 Å². The number of aliphatic hydroxyl groups excluding tert-OH is 1. The number of urea groups is 1. The molecule has 0 unspecified atom stereocenters. The first-order chi connectivity index (χ1) is 9.56. The number of nitrogens with one attached hydrogen (secondary N) is 2. The summed E-state index contributed by atoms with van der Waals surface area (Å²) in [4.78, 5) is 11.8. The van der Waals surface area contributed by atoms with E-state index >= 15 is 0 Å². The predicted octanol–water partition coefficient (Wildman–Crippen LogP) is 2.86. The molecule has 5 heteroatoms. The predicted molar refractivity (Wildman–Crippen MR) is 79.7 cm³/mol. The Morgan fingerprint density at radius 1 is 1.50 bits per heavy atom. The summed E-state index contributed by atoms with van der Waals surface area (Å²) in [6.45, 7) is 2.44. The molecule has 1 fully saturated rings. The summed E-state index contributed by atoms with van der Waals surface area (Å²) in [6.07, 6.45) is 2.58. The van der Waals surface area contributed by atoms with Crippen LogP contribution < -0.4 is 10.6 Å². The highest BCUT2D eigenvalue weighted by Crippen LogP contribution is 2.24. The van der Waals surface area contributed by atoms with Gasteiger partial charge in [-0.25, -0.2) is 4.79 Å². The van der Waals surface area contributed by atoms with Gasteiger partial charge in [0.2, 0.25) is 0 Å². The third-order valence-electron chi connectivity index (χ3n) is 3.84. The maximum Gasteiger partial charge on any atom is 0.315 e. The quantitative estimate of drug-likeness (QED) is 0.800. The van der Waals surface area contributed by atoms with E-state index < -0.39 is 0 Å². The Labute approximate surface area is 124 Å². The van der Waals surface area contributed by atoms with E-state index in [9.17, 15) is 9.90 Å². The SMILES string of the molecule is C[C@H](NC(=O)NC[C@H]1CCC[C@H]1O)c1cccc(Cl)c1. The van der Waals surface area contributed by atoms with E-state index in [-0.39, 0.29) is 24.1 Å². The number of halogens is 1. The fraction of sp³-hybridized carbons (Fsp3) is 0.533. The minimum Gasteiger partial charge on any atom is -0.393 e. The molecule has 110 valence electrons. The summed E-state index contributed by atoms with van der Waals surface area (Å²) in [6, 6.07) is 7.12. The lowest BCUT2D eigenvalue weighted by atomic mass is 10.1. The standard InChI is InChI=1S/C15H21ClN2O2/c1-10(11-4-2-6-13(16)8-11)18-15(20)17-9-12-5-3-7-14(12)19/h2,4,6,8,10,12,14,19H,3,5,7,9H2,1H3,(H2,17,18,20)/t10-,12+,14+/m0/s1. The summed E-state index contributed by atoms with van der Waals surface area (Å²) < 4.78 is 0. The largest absolute Gasteiger partial charge is 0.393 e. The second-order valence-electron chi connectivity index (χ2n) is 5.39. The number of aliphatic hydroxyl groups is 1. The van der Waals surface area contributed by atoms with Gasteiger partial charge in [-0.1, -0.05) is 30.2 Å². The molecular weight excluding hydrogens is 276 g/mol. The smallest absolute Gasteiger partial charge is 0.315 e. The number of carbonyl (C=O) groups excluding carboxylic acids is 1. The zero-order chi connectivity index (χ0) is 14.5. The van der Waals surface area contributed by atoms with E-state index in [0.29, 0.717) is 11.6 Å². The van der Waals surface area contributed by atoms with Crippen LogP contribution in [0.2, 0.25) is 5.02 Å². The van der Waals surface area contributed by atoms with Crippen LogP contribution in [0.4, 0.5) is 4.79 Å². The number of hydrogen-bond donors (Lipinski definition) is 3. The van der Waals surface area contributed by atoms with Crippen LogP contribution in [-0.2, 0) is 0 Å². The molecule has 4 nitrogen and oxygen atoms in total. The number of amides is 2. The number of benzene rings is 1. The molecule has 1 aromatic rings. The van der Waals surface area contributed by atoms with Crippen LogP contribution in [0.5, 0.6) is 0 Å². The Morgan fingerprint density at radius 3 is 2.95 bits per heavy atom. The molecule has 0 spiro atoms. The summed E-state index contributed by atoms with van der Waals surface area (Å²) >= 11 is 5.93. The molecule has 1 aromatic carbocycles. The van der Waals surface area contributed by atoms with E-state index in [4.69, 9.17) is 11.6 Å². The van der Waals surface area contributed by atoms with Crippen molar-refractivity contribution < 1.29 is 9.90 Å². The van der Waals surface area contributed by atoms with Gasteiger partial charge in [-0.3, -0.25) is 0 Å². The Kier molecular flexibility index (Phi) is 5.26. The van der Waals surface area contributed by atoms with Crippen molar-refractivity contribution >= 4 is 17.6 Å². The average molecular weight is 297 g/mol. The van der Waals surface area contributed by atoms with Gasteiger partial charge < -0.3 is 15.7 Å². The topological polar surface area (TPSA) is 61.4 Å². The Morgan fingerprint density at radius 2 is 2.30 bits per heavy atom. The summed E-state index contributed by atoms with van der Waals surface area (Å²) in [7, 11) is 0. The molecule has 0 bridgehead atoms. The Balaban J connectivity index is 1.79. The van der Waals surface area contributed by atoms with Gasteiger partial charge >= 0.3 is 6.03 Å². The molecule has 1 saturated carbocycles. The minimum atomic E-state index is -0.277. The highest BCUT2D eigenvalue weighted by molar-refractivity contribution is 6.30. The van der Waals surface area contributed by atoms with Crippen LogP contribution in [0.25, 0.3) is 0 Å². The van der Waals surface area contributed by atoms with Gasteiger partial charge in [-0.15, -0.1) is 0 Å². The van der Waals surface area contributed by atoms with Gasteiger partial charge in [0, 0.05) is 17.5 Å². The van der Waals surface area contributed by atoms with E-state index in [1.165, 1.54) is 0 Å². The molecule has 1 aliphatic carbocycles. The Bertz CT molecular complexity index is 467. The monoisotopic (exact) mass is 296 g/mol. The molecule has 3 N–H and O–H groups in total. The molecule has 20 heavy (non-hydrogen) atoms. The minimum absolute atomic E-state index is 0.109. The molecule has 0 heterocycles. The van der Waals surface area contributed by atoms with Crippen molar-refractivity contribution in [3.8, 4) is 0 Å². The van der Waals surface area contributed by atoms with Crippen LogP contribution in [0, 0.1) is 5.92 Å². The van der Waals surface area contributed by atoms with Gasteiger partial charge in [0.15, 0.2) is 0 Å². The van der Waals surface area contributed by atoms with Gasteiger partial charge in [0.1, 0.15) is 0 Å². The summed E-state index contributed by atoms with van der Waals surface area (Å²) in [5.74, 6) is 0.183. The van der Waals surface area contributed by atoms with Gasteiger partial charge in [0.05, 0.1) is 12.1 Å². The van der Waals surface area contributed by atoms with E-state index in [1.54, 1.807) is 6.07 Å². The first-order valence-corrected chi connectivity index (χ1v) is 7.42. The number of rotatable bonds is 4. The summed E-state index contributed by atoms with van der Waals surface area (Å²) in [5, 5.41) is 16.1. The summed E-state index contributed by atoms with van der Waals surface area (Å²) in [5.41, 5.74) is 0.966. The Hall–Kier alpha value is -1.26. The van der Waals surface area contributed by atoms with Crippen LogP contribution in [0.3, 0.4) is 0 Å². The van der Waals surface area contributed by atoms with Gasteiger partial charge in [-0.05, 0) is 37.5 Å². The van der Waals surface area contributed by atoms with Crippen molar-refractivity contribution in [1.82, 2.24) is 10.6 Å². The van der Waals surface area contributed by atoms with Crippen LogP contribution in [-0.4, -0.2) is 23.8 Å². The third kappa shape index (κ3) is 4.12. The lowest BCUT2D eigenvalue weighted by Gasteiger charge is -2.18. The second-order valence-corrected chi connectivity index (χ2v) is 5.83. The number of hydrogen-bond acceptors (Lipinski definition) is 2. The normalized spacial score (nSPS) is 23.4. The second kappa shape index (κ2) is 6.95. The van der Waals surface area contributed by atoms with Crippen LogP contribution in [0.15, 0.2) is 24.3 Å². The van der Waals surface area contributed by atoms with Crippen molar-refractivity contribution in [3.63, 3.8) is 0 Å². The van der Waals surface area contributed by atoms with E-state index in [1.807, 2.05) is 25.1 Å². The average Bonchev–Trinajstić information content (AvgIpc) is 2.82.